The second kappa shape index (κ2) is 8.84. The number of ether oxygens (including phenoxy) is 1. The molecule has 31 heavy (non-hydrogen) atoms. The zero-order chi connectivity index (χ0) is 22.7. The number of aryl methyl sites for hydroxylation is 1. The van der Waals surface area contributed by atoms with Crippen molar-refractivity contribution in [3.8, 4) is 11.5 Å². The van der Waals surface area contributed by atoms with Gasteiger partial charge in [0.05, 0.1) is 16.7 Å². The lowest BCUT2D eigenvalue weighted by Gasteiger charge is -2.15. The number of carboxylic acids is 1. The molecule has 0 fully saturated rings. The topological polar surface area (TPSA) is 137 Å². The van der Waals surface area contributed by atoms with Crippen molar-refractivity contribution in [1.82, 2.24) is 9.78 Å². The summed E-state index contributed by atoms with van der Waals surface area (Å²) in [5.41, 5.74) is 0.413. The van der Waals surface area contributed by atoms with Gasteiger partial charge in [0.1, 0.15) is 23.2 Å². The molecule has 0 bridgehead atoms. The molecule has 0 saturated carbocycles. The molecule has 0 aliphatic rings. The van der Waals surface area contributed by atoms with Crippen LogP contribution in [0.25, 0.3) is 0 Å². The molecule has 0 radical (unpaired) electrons. The van der Waals surface area contributed by atoms with Crippen LogP contribution < -0.4 is 10.1 Å². The number of carbonyl (C=O) groups is 2. The van der Waals surface area contributed by atoms with Crippen LogP contribution in [0.5, 0.6) is 11.5 Å². The molecule has 3 rings (SSSR count). The first-order valence-electron chi connectivity index (χ1n) is 8.97. The Bertz CT molecular complexity index is 1180. The molecular formula is C20H17ClN4O6. The molecule has 1 aromatic heterocycles. The highest BCUT2D eigenvalue weighted by Gasteiger charge is 2.22. The normalized spacial score (nSPS) is 11.6. The van der Waals surface area contributed by atoms with Gasteiger partial charge < -0.3 is 15.2 Å². The van der Waals surface area contributed by atoms with Gasteiger partial charge in [-0.1, -0.05) is 11.6 Å². The first kappa shape index (κ1) is 21.8. The van der Waals surface area contributed by atoms with Crippen LogP contribution in [0, 0.1) is 17.0 Å². The van der Waals surface area contributed by atoms with E-state index in [-0.39, 0.29) is 22.8 Å². The van der Waals surface area contributed by atoms with Crippen molar-refractivity contribution in [2.75, 3.05) is 5.32 Å². The molecule has 1 atom stereocenters. The minimum Gasteiger partial charge on any atom is -0.477 e. The lowest BCUT2D eigenvalue weighted by Crippen LogP contribution is -2.26. The second-order valence-electron chi connectivity index (χ2n) is 6.62. The number of carboxylic acid groups (broad SMARTS) is 1. The smallest absolute Gasteiger partial charge is 0.354 e. The summed E-state index contributed by atoms with van der Waals surface area (Å²) in [4.78, 5) is 34.6. The van der Waals surface area contributed by atoms with Gasteiger partial charge in [-0.25, -0.2) is 9.48 Å². The van der Waals surface area contributed by atoms with E-state index in [1.54, 1.807) is 25.1 Å². The van der Waals surface area contributed by atoms with Crippen molar-refractivity contribution >= 4 is 34.9 Å². The van der Waals surface area contributed by atoms with E-state index in [0.29, 0.717) is 10.8 Å². The summed E-state index contributed by atoms with van der Waals surface area (Å²) in [6, 6.07) is 9.01. The number of halogens is 1. The number of rotatable bonds is 7. The molecule has 1 unspecified atom stereocenters. The molecule has 0 aliphatic heterocycles. The molecule has 2 aromatic carbocycles. The predicted octanol–water partition coefficient (Wildman–Crippen LogP) is 4.44. The fourth-order valence-corrected chi connectivity index (χ4v) is 2.90. The second-order valence-corrected chi connectivity index (χ2v) is 7.02. The number of carbonyl (C=O) groups excluding carboxylic acids is 1. The standard InChI is InChI=1S/C20H17ClN4O6/c1-11-7-15(3-4-17(11)21)31-16-9-13(8-14(10-16)25(29)30)23-19(26)12(2)24-18(20(27)28)5-6-22-24/h3-10,12H,1-2H3,(H,23,26)(H,27,28). The van der Waals surface area contributed by atoms with E-state index < -0.39 is 22.8 Å². The average Bonchev–Trinajstić information content (AvgIpc) is 3.20. The van der Waals surface area contributed by atoms with Crippen molar-refractivity contribution in [3.05, 3.63) is 75.1 Å². The van der Waals surface area contributed by atoms with Crippen molar-refractivity contribution in [3.63, 3.8) is 0 Å². The highest BCUT2D eigenvalue weighted by molar-refractivity contribution is 6.31. The van der Waals surface area contributed by atoms with Crippen LogP contribution in [-0.4, -0.2) is 31.7 Å². The van der Waals surface area contributed by atoms with Gasteiger partial charge in [-0.3, -0.25) is 14.9 Å². The molecule has 2 N–H and O–H groups in total. The van der Waals surface area contributed by atoms with Gasteiger partial charge in [-0.15, -0.1) is 0 Å². The minimum absolute atomic E-state index is 0.107. The molecule has 1 amide bonds. The van der Waals surface area contributed by atoms with Crippen molar-refractivity contribution in [1.29, 1.82) is 0 Å². The Morgan fingerprint density at radius 3 is 2.61 bits per heavy atom. The van der Waals surface area contributed by atoms with Gasteiger partial charge in [-0.05, 0) is 43.7 Å². The largest absolute Gasteiger partial charge is 0.477 e. The number of anilines is 1. The van der Waals surface area contributed by atoms with Crippen LogP contribution in [0.3, 0.4) is 0 Å². The zero-order valence-corrected chi connectivity index (χ0v) is 17.2. The number of amides is 1. The maximum Gasteiger partial charge on any atom is 0.354 e. The molecule has 0 spiro atoms. The Hall–Kier alpha value is -3.92. The monoisotopic (exact) mass is 444 g/mol. The van der Waals surface area contributed by atoms with Gasteiger partial charge in [0.25, 0.3) is 5.69 Å². The predicted molar refractivity (Wildman–Crippen MR) is 112 cm³/mol. The Kier molecular flexibility index (Phi) is 6.21. The van der Waals surface area contributed by atoms with E-state index in [0.717, 1.165) is 10.2 Å². The Balaban J connectivity index is 1.87. The third-order valence-corrected chi connectivity index (χ3v) is 4.79. The summed E-state index contributed by atoms with van der Waals surface area (Å²) in [5.74, 6) is -1.30. The Labute approximate surface area is 181 Å². The van der Waals surface area contributed by atoms with E-state index in [2.05, 4.69) is 10.4 Å². The van der Waals surface area contributed by atoms with Crippen LogP contribution in [-0.2, 0) is 4.79 Å². The molecule has 1 heterocycles. The Morgan fingerprint density at radius 1 is 1.23 bits per heavy atom. The summed E-state index contributed by atoms with van der Waals surface area (Å²) in [6.07, 6.45) is 1.26. The third-order valence-electron chi connectivity index (χ3n) is 4.37. The van der Waals surface area contributed by atoms with Gasteiger partial charge in [0.2, 0.25) is 5.91 Å². The Morgan fingerprint density at radius 2 is 1.97 bits per heavy atom. The first-order chi connectivity index (χ1) is 14.7. The summed E-state index contributed by atoms with van der Waals surface area (Å²) in [5, 5.41) is 27.5. The minimum atomic E-state index is -1.23. The van der Waals surface area contributed by atoms with E-state index in [4.69, 9.17) is 16.3 Å². The highest BCUT2D eigenvalue weighted by atomic mass is 35.5. The first-order valence-corrected chi connectivity index (χ1v) is 9.34. The molecule has 11 heteroatoms. The number of aromatic nitrogens is 2. The summed E-state index contributed by atoms with van der Waals surface area (Å²) >= 11 is 6.00. The van der Waals surface area contributed by atoms with Crippen LogP contribution >= 0.6 is 11.6 Å². The number of hydrogen-bond donors (Lipinski definition) is 2. The number of nitro groups is 1. The zero-order valence-electron chi connectivity index (χ0n) is 16.4. The maximum absolute atomic E-state index is 12.6. The van der Waals surface area contributed by atoms with Gasteiger partial charge in [-0.2, -0.15) is 5.10 Å². The summed E-state index contributed by atoms with van der Waals surface area (Å²) in [6.45, 7) is 3.25. The lowest BCUT2D eigenvalue weighted by atomic mass is 10.2. The molecule has 10 nitrogen and oxygen atoms in total. The van der Waals surface area contributed by atoms with E-state index in [1.807, 2.05) is 0 Å². The van der Waals surface area contributed by atoms with Gasteiger partial charge >= 0.3 is 5.97 Å². The number of benzene rings is 2. The fourth-order valence-electron chi connectivity index (χ4n) is 2.79. The number of hydrogen-bond acceptors (Lipinski definition) is 6. The summed E-state index contributed by atoms with van der Waals surface area (Å²) < 4.78 is 6.75. The average molecular weight is 445 g/mol. The maximum atomic E-state index is 12.6. The van der Waals surface area contributed by atoms with Crippen molar-refractivity contribution in [2.24, 2.45) is 0 Å². The number of non-ortho nitro benzene ring substituents is 1. The molecular weight excluding hydrogens is 428 g/mol. The van der Waals surface area contributed by atoms with E-state index >= 15 is 0 Å². The number of aromatic carboxylic acids is 1. The third kappa shape index (κ3) is 4.98. The SMILES string of the molecule is Cc1cc(Oc2cc(NC(=O)C(C)n3nccc3C(=O)O)cc([N+](=O)[O-])c2)ccc1Cl. The van der Waals surface area contributed by atoms with Gasteiger partial charge in [0.15, 0.2) is 0 Å². The fraction of sp³-hybridized carbons (Fsp3) is 0.150. The van der Waals surface area contributed by atoms with E-state index in [1.165, 1.54) is 37.4 Å². The number of nitrogens with one attached hydrogen (secondary N) is 1. The quantitative estimate of drug-likeness (QED) is 0.405. The van der Waals surface area contributed by atoms with Crippen LogP contribution in [0.1, 0.15) is 29.0 Å². The lowest BCUT2D eigenvalue weighted by molar-refractivity contribution is -0.384. The van der Waals surface area contributed by atoms with Crippen LogP contribution in [0.15, 0.2) is 48.7 Å². The number of nitrogens with zero attached hydrogens (tertiary/aromatic N) is 3. The van der Waals surface area contributed by atoms with Crippen molar-refractivity contribution in [2.45, 2.75) is 19.9 Å². The van der Waals surface area contributed by atoms with Crippen LogP contribution in [0.2, 0.25) is 5.02 Å². The molecule has 0 aliphatic carbocycles. The number of nitro benzene ring substituents is 1. The molecule has 3 aromatic rings. The van der Waals surface area contributed by atoms with Crippen LogP contribution in [0.4, 0.5) is 11.4 Å². The molecule has 0 saturated heterocycles. The summed E-state index contributed by atoms with van der Waals surface area (Å²) in [7, 11) is 0. The van der Waals surface area contributed by atoms with Crippen molar-refractivity contribution < 1.29 is 24.4 Å². The molecule has 160 valence electrons. The highest BCUT2D eigenvalue weighted by Crippen LogP contribution is 2.31. The van der Waals surface area contributed by atoms with Gasteiger partial charge in [0, 0.05) is 23.4 Å². The van der Waals surface area contributed by atoms with E-state index in [9.17, 15) is 24.8 Å².